The quantitative estimate of drug-likeness (QED) is 0.694. The van der Waals surface area contributed by atoms with Crippen LogP contribution in [0.25, 0.3) is 0 Å². The number of piperidine rings is 1. The van der Waals surface area contributed by atoms with E-state index in [9.17, 15) is 5.11 Å². The third-order valence-electron chi connectivity index (χ3n) is 3.67. The highest BCUT2D eigenvalue weighted by Crippen LogP contribution is 2.49. The van der Waals surface area contributed by atoms with Gasteiger partial charge in [0.05, 0.1) is 6.10 Å². The molecule has 82 valence electrons. The van der Waals surface area contributed by atoms with Gasteiger partial charge in [-0.2, -0.15) is 0 Å². The largest absolute Gasteiger partial charge is 0.392 e. The molecule has 2 fully saturated rings. The molecule has 3 nitrogen and oxygen atoms in total. The summed E-state index contributed by atoms with van der Waals surface area (Å²) >= 11 is 0. The van der Waals surface area contributed by atoms with Gasteiger partial charge in [0.25, 0.3) is 0 Å². The minimum absolute atomic E-state index is 0.0857. The van der Waals surface area contributed by atoms with Gasteiger partial charge in [0, 0.05) is 13.1 Å². The molecule has 0 aromatic carbocycles. The molecular weight excluding hydrogens is 176 g/mol. The van der Waals surface area contributed by atoms with Gasteiger partial charge in [0.15, 0.2) is 0 Å². The molecule has 0 amide bonds. The van der Waals surface area contributed by atoms with Gasteiger partial charge >= 0.3 is 0 Å². The van der Waals surface area contributed by atoms with Crippen LogP contribution >= 0.6 is 0 Å². The Hall–Kier alpha value is -0.120. The molecule has 0 radical (unpaired) electrons. The van der Waals surface area contributed by atoms with Crippen LogP contribution in [0.2, 0.25) is 0 Å². The van der Waals surface area contributed by atoms with Crippen molar-refractivity contribution >= 4 is 0 Å². The molecule has 1 atom stereocenters. The Morgan fingerprint density at radius 2 is 2.21 bits per heavy atom. The van der Waals surface area contributed by atoms with Crippen molar-refractivity contribution in [3.63, 3.8) is 0 Å². The lowest BCUT2D eigenvalue weighted by Crippen LogP contribution is -2.41. The number of nitrogens with zero attached hydrogens (tertiary/aromatic N) is 1. The molecule has 2 rings (SSSR count). The predicted octanol–water partition coefficient (Wildman–Crippen LogP) is 0.572. The van der Waals surface area contributed by atoms with Gasteiger partial charge in [-0.25, -0.2) is 0 Å². The van der Waals surface area contributed by atoms with Crippen LogP contribution in [-0.2, 0) is 0 Å². The summed E-state index contributed by atoms with van der Waals surface area (Å²) in [4.78, 5) is 2.43. The second-order valence-electron chi connectivity index (χ2n) is 5.07. The fourth-order valence-corrected chi connectivity index (χ4v) is 2.62. The van der Waals surface area contributed by atoms with Crippen molar-refractivity contribution in [3.05, 3.63) is 0 Å². The Kier molecular flexibility index (Phi) is 3.10. The molecule has 0 aromatic rings. The van der Waals surface area contributed by atoms with Crippen LogP contribution in [0.1, 0.15) is 32.1 Å². The van der Waals surface area contributed by atoms with E-state index in [2.05, 4.69) is 4.90 Å². The van der Waals surface area contributed by atoms with Crippen LogP contribution in [0.5, 0.6) is 0 Å². The number of hydrogen-bond donors (Lipinski definition) is 2. The number of hydrogen-bond acceptors (Lipinski definition) is 3. The first-order valence-electron chi connectivity index (χ1n) is 5.85. The van der Waals surface area contributed by atoms with Gasteiger partial charge in [0.2, 0.25) is 0 Å². The number of nitrogens with two attached hydrogens (primary N) is 1. The monoisotopic (exact) mass is 198 g/mol. The maximum absolute atomic E-state index is 9.56. The summed E-state index contributed by atoms with van der Waals surface area (Å²) in [7, 11) is 0. The standard InChI is InChI=1S/C11H22N2O/c12-6-5-11(3-4-11)9-13-7-1-2-10(14)8-13/h10,14H,1-9,12H2. The third kappa shape index (κ3) is 2.47. The highest BCUT2D eigenvalue weighted by Gasteiger charge is 2.43. The maximum Gasteiger partial charge on any atom is 0.0667 e. The van der Waals surface area contributed by atoms with E-state index in [1.165, 1.54) is 32.4 Å². The van der Waals surface area contributed by atoms with Crippen LogP contribution in [-0.4, -0.2) is 42.3 Å². The normalized spacial score (nSPS) is 31.7. The zero-order valence-electron chi connectivity index (χ0n) is 8.91. The summed E-state index contributed by atoms with van der Waals surface area (Å²) in [6, 6.07) is 0. The average Bonchev–Trinajstić information content (AvgIpc) is 2.85. The molecule has 0 spiro atoms. The van der Waals surface area contributed by atoms with E-state index in [0.29, 0.717) is 5.41 Å². The first kappa shape index (κ1) is 10.4. The van der Waals surface area contributed by atoms with Crippen LogP contribution in [0.4, 0.5) is 0 Å². The Balaban J connectivity index is 1.79. The summed E-state index contributed by atoms with van der Waals surface area (Å²) in [5.74, 6) is 0. The van der Waals surface area contributed by atoms with Gasteiger partial charge in [-0.3, -0.25) is 0 Å². The predicted molar refractivity (Wildman–Crippen MR) is 57.0 cm³/mol. The van der Waals surface area contributed by atoms with Gasteiger partial charge in [-0.05, 0) is 50.6 Å². The van der Waals surface area contributed by atoms with Crippen LogP contribution < -0.4 is 5.73 Å². The molecule has 1 heterocycles. The van der Waals surface area contributed by atoms with Gasteiger partial charge < -0.3 is 15.7 Å². The first-order valence-corrected chi connectivity index (χ1v) is 5.85. The average molecular weight is 198 g/mol. The highest BCUT2D eigenvalue weighted by atomic mass is 16.3. The van der Waals surface area contributed by atoms with E-state index in [4.69, 9.17) is 5.73 Å². The Morgan fingerprint density at radius 3 is 2.79 bits per heavy atom. The number of aliphatic hydroxyl groups excluding tert-OH is 1. The van der Waals surface area contributed by atoms with Crippen LogP contribution in [0.15, 0.2) is 0 Å². The van der Waals surface area contributed by atoms with Crippen molar-refractivity contribution in [2.45, 2.75) is 38.2 Å². The lowest BCUT2D eigenvalue weighted by atomic mass is 9.99. The SMILES string of the molecule is NCCC1(CN2CCCC(O)C2)CC1. The lowest BCUT2D eigenvalue weighted by Gasteiger charge is -2.33. The number of β-amino-alcohol motifs (C(OH)–C–C–N with tert-alkyl or cyclic N) is 1. The summed E-state index contributed by atoms with van der Waals surface area (Å²) in [5, 5.41) is 9.56. The van der Waals surface area contributed by atoms with Crippen molar-refractivity contribution < 1.29 is 5.11 Å². The van der Waals surface area contributed by atoms with E-state index in [1.54, 1.807) is 0 Å². The van der Waals surface area contributed by atoms with Crippen molar-refractivity contribution in [2.24, 2.45) is 11.1 Å². The topological polar surface area (TPSA) is 49.5 Å². The molecule has 3 heteroatoms. The lowest BCUT2D eigenvalue weighted by molar-refractivity contribution is 0.0586. The molecular formula is C11H22N2O. The zero-order valence-corrected chi connectivity index (χ0v) is 8.91. The minimum Gasteiger partial charge on any atom is -0.392 e. The van der Waals surface area contributed by atoms with Crippen LogP contribution in [0, 0.1) is 5.41 Å². The summed E-state index contributed by atoms with van der Waals surface area (Å²) in [6.07, 6.45) is 5.91. The maximum atomic E-state index is 9.56. The van der Waals surface area contributed by atoms with Gasteiger partial charge in [-0.1, -0.05) is 0 Å². The minimum atomic E-state index is -0.0857. The van der Waals surface area contributed by atoms with Crippen molar-refractivity contribution in [3.8, 4) is 0 Å². The zero-order chi connectivity index (χ0) is 10.0. The van der Waals surface area contributed by atoms with E-state index < -0.39 is 0 Å². The van der Waals surface area contributed by atoms with E-state index in [0.717, 1.165) is 25.9 Å². The fourth-order valence-electron chi connectivity index (χ4n) is 2.62. The van der Waals surface area contributed by atoms with Gasteiger partial charge in [0.1, 0.15) is 0 Å². The van der Waals surface area contributed by atoms with E-state index >= 15 is 0 Å². The smallest absolute Gasteiger partial charge is 0.0667 e. The third-order valence-corrected chi connectivity index (χ3v) is 3.67. The Labute approximate surface area is 86.3 Å². The molecule has 1 aliphatic carbocycles. The molecule has 1 aliphatic heterocycles. The summed E-state index contributed by atoms with van der Waals surface area (Å²) in [6.45, 7) is 4.04. The van der Waals surface area contributed by atoms with Crippen molar-refractivity contribution in [1.82, 2.24) is 4.90 Å². The van der Waals surface area contributed by atoms with Gasteiger partial charge in [-0.15, -0.1) is 0 Å². The molecule has 2 aliphatic rings. The van der Waals surface area contributed by atoms with E-state index in [-0.39, 0.29) is 6.10 Å². The second-order valence-corrected chi connectivity index (χ2v) is 5.07. The molecule has 0 bridgehead atoms. The number of aliphatic hydroxyl groups is 1. The van der Waals surface area contributed by atoms with E-state index in [1.807, 2.05) is 0 Å². The fraction of sp³-hybridized carbons (Fsp3) is 1.00. The molecule has 1 unspecified atom stereocenters. The highest BCUT2D eigenvalue weighted by molar-refractivity contribution is 4.96. The summed E-state index contributed by atoms with van der Waals surface area (Å²) in [5.41, 5.74) is 6.15. The molecule has 1 saturated heterocycles. The molecule has 3 N–H and O–H groups in total. The number of likely N-dealkylation sites (tertiary alicyclic amines) is 1. The molecule has 1 saturated carbocycles. The van der Waals surface area contributed by atoms with Crippen molar-refractivity contribution in [1.29, 1.82) is 0 Å². The van der Waals surface area contributed by atoms with Crippen molar-refractivity contribution in [2.75, 3.05) is 26.2 Å². The van der Waals surface area contributed by atoms with Crippen LogP contribution in [0.3, 0.4) is 0 Å². The molecule has 14 heavy (non-hydrogen) atoms. The second kappa shape index (κ2) is 4.17. The Bertz CT molecular complexity index is 192. The Morgan fingerprint density at radius 1 is 1.43 bits per heavy atom. The summed E-state index contributed by atoms with van der Waals surface area (Å²) < 4.78 is 0. The molecule has 0 aromatic heterocycles. The number of rotatable bonds is 4. The first-order chi connectivity index (χ1) is 6.74.